The molecule has 5 nitrogen and oxygen atoms in total. The number of carbonyl (C=O) groups is 1. The molecule has 0 aromatic heterocycles. The molecule has 1 aliphatic heterocycles. The Balaban J connectivity index is 1.70. The lowest BCUT2D eigenvalue weighted by atomic mass is 10.2. The van der Waals surface area contributed by atoms with Crippen LogP contribution in [0.3, 0.4) is 0 Å². The van der Waals surface area contributed by atoms with Crippen LogP contribution < -0.4 is 21.1 Å². The highest BCUT2D eigenvalue weighted by Gasteiger charge is 2.21. The van der Waals surface area contributed by atoms with Gasteiger partial charge in [0.05, 0.1) is 0 Å². The van der Waals surface area contributed by atoms with Gasteiger partial charge in [-0.2, -0.15) is 0 Å². The molecule has 2 rings (SSSR count). The van der Waals surface area contributed by atoms with Gasteiger partial charge in [0.2, 0.25) is 5.91 Å². The van der Waals surface area contributed by atoms with E-state index in [1.807, 2.05) is 25.2 Å². The fraction of sp³-hybridized carbons (Fsp3) is 0.462. The summed E-state index contributed by atoms with van der Waals surface area (Å²) in [6, 6.07) is 10.1. The molecule has 18 heavy (non-hydrogen) atoms. The third-order valence-corrected chi connectivity index (χ3v) is 3.09. The first-order valence-electron chi connectivity index (χ1n) is 6.29. The van der Waals surface area contributed by atoms with Crippen LogP contribution in [0.15, 0.2) is 30.3 Å². The van der Waals surface area contributed by atoms with Gasteiger partial charge in [-0.05, 0) is 18.6 Å². The van der Waals surface area contributed by atoms with Gasteiger partial charge in [0, 0.05) is 32.4 Å². The summed E-state index contributed by atoms with van der Waals surface area (Å²) >= 11 is 0. The number of likely N-dealkylation sites (N-methyl/N-ethyl adjacent to an activating group) is 1. The van der Waals surface area contributed by atoms with Crippen molar-refractivity contribution in [3.8, 4) is 0 Å². The highest BCUT2D eigenvalue weighted by Crippen LogP contribution is 2.09. The lowest BCUT2D eigenvalue weighted by Gasteiger charge is -2.20. The number of benzene rings is 1. The molecule has 1 aromatic carbocycles. The van der Waals surface area contributed by atoms with Crippen molar-refractivity contribution in [1.82, 2.24) is 16.2 Å². The second kappa shape index (κ2) is 6.37. The Morgan fingerprint density at radius 2 is 2.22 bits per heavy atom. The fourth-order valence-corrected chi connectivity index (χ4v) is 1.96. The number of carbonyl (C=O) groups excluding carboxylic acids is 1. The molecule has 98 valence electrons. The number of hydrazine groups is 1. The van der Waals surface area contributed by atoms with Gasteiger partial charge >= 0.3 is 0 Å². The lowest BCUT2D eigenvalue weighted by molar-refractivity contribution is -0.122. The summed E-state index contributed by atoms with van der Waals surface area (Å²) in [7, 11) is 2.02. The van der Waals surface area contributed by atoms with Gasteiger partial charge in [-0.25, -0.2) is 5.43 Å². The van der Waals surface area contributed by atoms with Gasteiger partial charge in [-0.15, -0.1) is 0 Å². The highest BCUT2D eigenvalue weighted by atomic mass is 16.2. The first kappa shape index (κ1) is 12.9. The molecule has 0 spiro atoms. The summed E-state index contributed by atoms with van der Waals surface area (Å²) in [4.78, 5) is 13.9. The standard InChI is InChI=1S/C13H20N4O/c1-17(11-5-3-2-4-6-11)10-9-14-13(18)12-7-8-15-16-12/h2-6,12,15-16H,7-10H2,1H3,(H,14,18). The molecule has 1 saturated heterocycles. The quantitative estimate of drug-likeness (QED) is 0.692. The molecule has 1 amide bonds. The molecule has 1 heterocycles. The molecule has 1 fully saturated rings. The number of anilines is 1. The maximum absolute atomic E-state index is 11.7. The van der Waals surface area contributed by atoms with Crippen LogP contribution in [-0.4, -0.2) is 38.6 Å². The monoisotopic (exact) mass is 248 g/mol. The zero-order valence-corrected chi connectivity index (χ0v) is 10.6. The number of nitrogens with one attached hydrogen (secondary N) is 3. The van der Waals surface area contributed by atoms with E-state index in [4.69, 9.17) is 0 Å². The zero-order chi connectivity index (χ0) is 12.8. The Morgan fingerprint density at radius 1 is 1.44 bits per heavy atom. The SMILES string of the molecule is CN(CCNC(=O)C1CCNN1)c1ccccc1. The van der Waals surface area contributed by atoms with Crippen molar-refractivity contribution in [2.75, 3.05) is 31.6 Å². The molecular formula is C13H20N4O. The first-order valence-corrected chi connectivity index (χ1v) is 6.29. The number of para-hydroxylation sites is 1. The van der Waals surface area contributed by atoms with E-state index < -0.39 is 0 Å². The number of amides is 1. The molecule has 3 N–H and O–H groups in total. The largest absolute Gasteiger partial charge is 0.373 e. The molecule has 1 unspecified atom stereocenters. The van der Waals surface area contributed by atoms with Crippen LogP contribution in [-0.2, 0) is 4.79 Å². The van der Waals surface area contributed by atoms with Crippen molar-refractivity contribution in [3.63, 3.8) is 0 Å². The van der Waals surface area contributed by atoms with Crippen LogP contribution in [0.1, 0.15) is 6.42 Å². The van der Waals surface area contributed by atoms with Gasteiger partial charge in [-0.3, -0.25) is 10.2 Å². The zero-order valence-electron chi connectivity index (χ0n) is 10.6. The van der Waals surface area contributed by atoms with E-state index in [9.17, 15) is 4.79 Å². The van der Waals surface area contributed by atoms with Crippen molar-refractivity contribution in [1.29, 1.82) is 0 Å². The molecule has 0 radical (unpaired) electrons. The smallest absolute Gasteiger partial charge is 0.238 e. The van der Waals surface area contributed by atoms with Crippen molar-refractivity contribution in [3.05, 3.63) is 30.3 Å². The van der Waals surface area contributed by atoms with Crippen LogP contribution >= 0.6 is 0 Å². The normalized spacial score (nSPS) is 18.6. The van der Waals surface area contributed by atoms with E-state index in [1.54, 1.807) is 0 Å². The Labute approximate surface area is 108 Å². The van der Waals surface area contributed by atoms with Gasteiger partial charge in [0.15, 0.2) is 0 Å². The van der Waals surface area contributed by atoms with Crippen LogP contribution in [0, 0.1) is 0 Å². The first-order chi connectivity index (χ1) is 8.77. The van der Waals surface area contributed by atoms with Crippen LogP contribution in [0.2, 0.25) is 0 Å². The molecule has 0 saturated carbocycles. The Bertz CT molecular complexity index is 376. The number of hydrogen-bond acceptors (Lipinski definition) is 4. The fourth-order valence-electron chi connectivity index (χ4n) is 1.96. The van der Waals surface area contributed by atoms with E-state index in [1.165, 1.54) is 0 Å². The minimum atomic E-state index is -0.0907. The summed E-state index contributed by atoms with van der Waals surface area (Å²) in [6.45, 7) is 2.31. The lowest BCUT2D eigenvalue weighted by Crippen LogP contribution is -2.45. The summed E-state index contributed by atoms with van der Waals surface area (Å²) in [5.74, 6) is 0.0708. The third kappa shape index (κ3) is 3.45. The predicted molar refractivity (Wildman–Crippen MR) is 72.3 cm³/mol. The molecule has 5 heteroatoms. The van der Waals surface area contributed by atoms with Gasteiger partial charge in [0.1, 0.15) is 6.04 Å². The summed E-state index contributed by atoms with van der Waals surface area (Å²) in [5.41, 5.74) is 7.07. The van der Waals surface area contributed by atoms with Gasteiger partial charge in [-0.1, -0.05) is 18.2 Å². The minimum absolute atomic E-state index is 0.0708. The predicted octanol–water partition coefficient (Wildman–Crippen LogP) is 0.106. The minimum Gasteiger partial charge on any atom is -0.373 e. The van der Waals surface area contributed by atoms with Crippen LogP contribution in [0.5, 0.6) is 0 Å². The highest BCUT2D eigenvalue weighted by molar-refractivity contribution is 5.81. The van der Waals surface area contributed by atoms with E-state index in [0.29, 0.717) is 6.54 Å². The number of rotatable bonds is 5. The number of hydrogen-bond donors (Lipinski definition) is 3. The molecule has 0 aliphatic carbocycles. The van der Waals surface area contributed by atoms with Crippen molar-refractivity contribution in [2.45, 2.75) is 12.5 Å². The second-order valence-electron chi connectivity index (χ2n) is 4.46. The van der Waals surface area contributed by atoms with E-state index in [-0.39, 0.29) is 11.9 Å². The van der Waals surface area contributed by atoms with E-state index in [2.05, 4.69) is 33.2 Å². The van der Waals surface area contributed by atoms with Crippen molar-refractivity contribution >= 4 is 11.6 Å². The van der Waals surface area contributed by atoms with E-state index >= 15 is 0 Å². The van der Waals surface area contributed by atoms with Crippen molar-refractivity contribution in [2.24, 2.45) is 0 Å². The summed E-state index contributed by atoms with van der Waals surface area (Å²) in [5, 5.41) is 2.94. The molecule has 1 aliphatic rings. The Hall–Kier alpha value is -1.59. The maximum Gasteiger partial charge on any atom is 0.238 e. The van der Waals surface area contributed by atoms with Gasteiger partial charge in [0.25, 0.3) is 0 Å². The summed E-state index contributed by atoms with van der Waals surface area (Å²) in [6.07, 6.45) is 0.848. The Morgan fingerprint density at radius 3 is 2.89 bits per heavy atom. The average molecular weight is 248 g/mol. The maximum atomic E-state index is 11.7. The van der Waals surface area contributed by atoms with Gasteiger partial charge < -0.3 is 10.2 Å². The van der Waals surface area contributed by atoms with Crippen molar-refractivity contribution < 1.29 is 4.79 Å². The molecular weight excluding hydrogens is 228 g/mol. The molecule has 0 bridgehead atoms. The molecule has 1 aromatic rings. The Kier molecular flexibility index (Phi) is 4.55. The topological polar surface area (TPSA) is 56.4 Å². The van der Waals surface area contributed by atoms with E-state index in [0.717, 1.165) is 25.2 Å². The summed E-state index contributed by atoms with van der Waals surface area (Å²) < 4.78 is 0. The second-order valence-corrected chi connectivity index (χ2v) is 4.46. The third-order valence-electron chi connectivity index (χ3n) is 3.09. The van der Waals surface area contributed by atoms with Crippen LogP contribution in [0.25, 0.3) is 0 Å². The number of nitrogens with zero attached hydrogens (tertiary/aromatic N) is 1. The average Bonchev–Trinajstić information content (AvgIpc) is 2.93. The van der Waals surface area contributed by atoms with Crippen LogP contribution in [0.4, 0.5) is 5.69 Å². The molecule has 1 atom stereocenters.